The molecule has 74 valence electrons. The fourth-order valence-electron chi connectivity index (χ4n) is 1.83. The average molecular weight is 190 g/mol. The number of hydrogen-bond acceptors (Lipinski definition) is 1. The van der Waals surface area contributed by atoms with Gasteiger partial charge in [0.05, 0.1) is 5.92 Å². The van der Waals surface area contributed by atoms with Gasteiger partial charge in [-0.3, -0.25) is 4.79 Å². The zero-order chi connectivity index (χ0) is 10.3. The van der Waals surface area contributed by atoms with E-state index in [4.69, 9.17) is 5.11 Å². The molecule has 1 aliphatic rings. The van der Waals surface area contributed by atoms with E-state index in [2.05, 4.69) is 32.0 Å². The summed E-state index contributed by atoms with van der Waals surface area (Å²) in [4.78, 5) is 10.7. The van der Waals surface area contributed by atoms with Crippen LogP contribution in [-0.4, -0.2) is 11.1 Å². The third kappa shape index (κ3) is 1.52. The first-order valence-corrected chi connectivity index (χ1v) is 4.89. The van der Waals surface area contributed by atoms with Gasteiger partial charge in [0.15, 0.2) is 0 Å². The van der Waals surface area contributed by atoms with Gasteiger partial charge in [-0.05, 0) is 42.9 Å². The first-order valence-electron chi connectivity index (χ1n) is 4.89. The maximum Gasteiger partial charge on any atom is 0.307 e. The van der Waals surface area contributed by atoms with Crippen molar-refractivity contribution < 1.29 is 9.90 Å². The Balaban J connectivity index is 2.20. The minimum Gasteiger partial charge on any atom is -0.481 e. The van der Waals surface area contributed by atoms with Crippen molar-refractivity contribution in [1.82, 2.24) is 0 Å². The van der Waals surface area contributed by atoms with Gasteiger partial charge in [-0.1, -0.05) is 18.2 Å². The van der Waals surface area contributed by atoms with Gasteiger partial charge in [0.1, 0.15) is 0 Å². The lowest BCUT2D eigenvalue weighted by atomic mass is 10.0. The zero-order valence-corrected chi connectivity index (χ0v) is 8.45. The molecule has 2 rings (SSSR count). The zero-order valence-electron chi connectivity index (χ0n) is 8.45. The van der Waals surface area contributed by atoms with Crippen molar-refractivity contribution in [1.29, 1.82) is 0 Å². The molecule has 2 atom stereocenters. The van der Waals surface area contributed by atoms with Crippen LogP contribution in [-0.2, 0) is 4.79 Å². The molecule has 1 fully saturated rings. The van der Waals surface area contributed by atoms with Crippen LogP contribution in [0.1, 0.15) is 29.0 Å². The number of carbonyl (C=O) groups is 1. The van der Waals surface area contributed by atoms with Gasteiger partial charge in [0, 0.05) is 0 Å². The van der Waals surface area contributed by atoms with Crippen LogP contribution >= 0.6 is 0 Å². The van der Waals surface area contributed by atoms with Gasteiger partial charge in [-0.15, -0.1) is 0 Å². The highest BCUT2D eigenvalue weighted by molar-refractivity contribution is 5.75. The van der Waals surface area contributed by atoms with Gasteiger partial charge < -0.3 is 5.11 Å². The lowest BCUT2D eigenvalue weighted by Gasteiger charge is -2.03. The first-order chi connectivity index (χ1) is 6.59. The number of benzene rings is 1. The number of carboxylic acid groups (broad SMARTS) is 1. The topological polar surface area (TPSA) is 37.3 Å². The molecule has 0 bridgehead atoms. The Labute approximate surface area is 83.6 Å². The predicted octanol–water partition coefficient (Wildman–Crippen LogP) is 2.49. The number of carboxylic acids is 1. The number of aryl methyl sites for hydroxylation is 2. The van der Waals surface area contributed by atoms with Gasteiger partial charge in [-0.25, -0.2) is 0 Å². The highest BCUT2D eigenvalue weighted by atomic mass is 16.4. The second-order valence-electron chi connectivity index (χ2n) is 4.13. The Morgan fingerprint density at radius 2 is 2.07 bits per heavy atom. The number of aliphatic carboxylic acids is 1. The van der Waals surface area contributed by atoms with E-state index >= 15 is 0 Å². The second kappa shape index (κ2) is 3.12. The molecule has 1 aliphatic carbocycles. The molecule has 1 aromatic rings. The van der Waals surface area contributed by atoms with E-state index in [-0.39, 0.29) is 11.8 Å². The van der Waals surface area contributed by atoms with Crippen LogP contribution in [0.5, 0.6) is 0 Å². The molecule has 0 heterocycles. The molecule has 2 unspecified atom stereocenters. The quantitative estimate of drug-likeness (QED) is 0.778. The summed E-state index contributed by atoms with van der Waals surface area (Å²) in [6.45, 7) is 4.14. The van der Waals surface area contributed by atoms with Crippen LogP contribution in [0.3, 0.4) is 0 Å². The van der Waals surface area contributed by atoms with E-state index in [1.165, 1.54) is 16.7 Å². The average Bonchev–Trinajstić information content (AvgIpc) is 2.89. The highest BCUT2D eigenvalue weighted by Crippen LogP contribution is 2.47. The summed E-state index contributed by atoms with van der Waals surface area (Å²) >= 11 is 0. The van der Waals surface area contributed by atoms with Gasteiger partial charge in [0.2, 0.25) is 0 Å². The van der Waals surface area contributed by atoms with Crippen molar-refractivity contribution in [2.75, 3.05) is 0 Å². The van der Waals surface area contributed by atoms with E-state index in [1.54, 1.807) is 0 Å². The van der Waals surface area contributed by atoms with Crippen LogP contribution in [0.2, 0.25) is 0 Å². The molecule has 0 radical (unpaired) electrons. The third-order valence-electron chi connectivity index (χ3n) is 3.07. The second-order valence-corrected chi connectivity index (χ2v) is 4.13. The van der Waals surface area contributed by atoms with Crippen molar-refractivity contribution in [3.8, 4) is 0 Å². The van der Waals surface area contributed by atoms with E-state index in [0.717, 1.165) is 6.42 Å². The van der Waals surface area contributed by atoms with E-state index < -0.39 is 5.97 Å². The van der Waals surface area contributed by atoms with Crippen LogP contribution in [0.15, 0.2) is 18.2 Å². The summed E-state index contributed by atoms with van der Waals surface area (Å²) in [6.07, 6.45) is 0.803. The number of hydrogen-bond donors (Lipinski definition) is 1. The molecule has 14 heavy (non-hydrogen) atoms. The third-order valence-corrected chi connectivity index (χ3v) is 3.07. The van der Waals surface area contributed by atoms with Crippen molar-refractivity contribution in [2.45, 2.75) is 26.2 Å². The highest BCUT2D eigenvalue weighted by Gasteiger charge is 2.44. The monoisotopic (exact) mass is 190 g/mol. The van der Waals surface area contributed by atoms with Crippen LogP contribution < -0.4 is 0 Å². The molecular formula is C12H14O2. The maximum atomic E-state index is 10.7. The fourth-order valence-corrected chi connectivity index (χ4v) is 1.83. The molecule has 0 spiro atoms. The van der Waals surface area contributed by atoms with Crippen molar-refractivity contribution in [2.24, 2.45) is 5.92 Å². The van der Waals surface area contributed by atoms with Crippen molar-refractivity contribution in [3.63, 3.8) is 0 Å². The van der Waals surface area contributed by atoms with Crippen molar-refractivity contribution >= 4 is 5.97 Å². The molecule has 0 aromatic heterocycles. The smallest absolute Gasteiger partial charge is 0.307 e. The summed E-state index contributed by atoms with van der Waals surface area (Å²) in [5, 5.41) is 8.81. The van der Waals surface area contributed by atoms with Crippen LogP contribution in [0.4, 0.5) is 0 Å². The molecule has 0 amide bonds. The molecule has 1 aromatic carbocycles. The van der Waals surface area contributed by atoms with E-state index in [0.29, 0.717) is 0 Å². The lowest BCUT2D eigenvalue weighted by molar-refractivity contribution is -0.138. The van der Waals surface area contributed by atoms with Crippen LogP contribution in [0.25, 0.3) is 0 Å². The molecule has 2 heteroatoms. The summed E-state index contributed by atoms with van der Waals surface area (Å²) in [6, 6.07) is 6.24. The summed E-state index contributed by atoms with van der Waals surface area (Å²) < 4.78 is 0. The minimum absolute atomic E-state index is 0.142. The summed E-state index contributed by atoms with van der Waals surface area (Å²) in [7, 11) is 0. The molecule has 1 N–H and O–H groups in total. The summed E-state index contributed by atoms with van der Waals surface area (Å²) in [5.41, 5.74) is 3.69. The normalized spacial score (nSPS) is 24.7. The van der Waals surface area contributed by atoms with Crippen molar-refractivity contribution in [3.05, 3.63) is 34.9 Å². The molecule has 0 aliphatic heterocycles. The molecule has 2 nitrogen and oxygen atoms in total. The largest absolute Gasteiger partial charge is 0.481 e. The summed E-state index contributed by atoms with van der Waals surface area (Å²) in [5.74, 6) is -0.544. The standard InChI is InChI=1S/C12H14O2/c1-7-3-4-9(5-8(7)2)10-6-11(10)12(13)14/h3-5,10-11H,6H2,1-2H3,(H,13,14). The Hall–Kier alpha value is -1.31. The van der Waals surface area contributed by atoms with Gasteiger partial charge >= 0.3 is 5.97 Å². The van der Waals surface area contributed by atoms with Crippen LogP contribution in [0, 0.1) is 19.8 Å². The Bertz CT molecular complexity index is 382. The van der Waals surface area contributed by atoms with Gasteiger partial charge in [0.25, 0.3) is 0 Å². The number of rotatable bonds is 2. The predicted molar refractivity (Wildman–Crippen MR) is 54.4 cm³/mol. The minimum atomic E-state index is -0.659. The fraction of sp³-hybridized carbons (Fsp3) is 0.417. The maximum absolute atomic E-state index is 10.7. The van der Waals surface area contributed by atoms with Gasteiger partial charge in [-0.2, -0.15) is 0 Å². The SMILES string of the molecule is Cc1ccc(C2CC2C(=O)O)cc1C. The first kappa shape index (κ1) is 9.25. The van der Waals surface area contributed by atoms with E-state index in [9.17, 15) is 4.79 Å². The molecule has 0 saturated heterocycles. The molecular weight excluding hydrogens is 176 g/mol. The Morgan fingerprint density at radius 1 is 1.36 bits per heavy atom. The Kier molecular flexibility index (Phi) is 2.06. The molecule has 1 saturated carbocycles. The lowest BCUT2D eigenvalue weighted by Crippen LogP contribution is -1.99. The Morgan fingerprint density at radius 3 is 2.57 bits per heavy atom. The van der Waals surface area contributed by atoms with E-state index in [1.807, 2.05) is 0 Å².